The van der Waals surface area contributed by atoms with E-state index >= 15 is 0 Å². The van der Waals surface area contributed by atoms with Gasteiger partial charge in [-0.15, -0.1) is 0 Å². The molecule has 2 heteroatoms. The summed E-state index contributed by atoms with van der Waals surface area (Å²) in [5.41, 5.74) is 12.7. The van der Waals surface area contributed by atoms with Gasteiger partial charge in [-0.3, -0.25) is 0 Å². The number of benzene rings is 6. The highest BCUT2D eigenvalue weighted by Crippen LogP contribution is 2.52. The molecule has 42 heavy (non-hydrogen) atoms. The fourth-order valence-electron chi connectivity index (χ4n) is 5.83. The molecule has 0 bridgehead atoms. The summed E-state index contributed by atoms with van der Waals surface area (Å²) in [6.45, 7) is 0. The maximum atomic E-state index is 2.32. The van der Waals surface area contributed by atoms with Crippen molar-refractivity contribution < 1.29 is 0 Å². The molecule has 198 valence electrons. The summed E-state index contributed by atoms with van der Waals surface area (Å²) < 4.78 is 0. The van der Waals surface area contributed by atoms with Crippen molar-refractivity contribution in [2.24, 2.45) is 0 Å². The zero-order valence-corrected chi connectivity index (χ0v) is 24.0. The quantitative estimate of drug-likeness (QED) is 0.185. The van der Waals surface area contributed by atoms with Crippen molar-refractivity contribution in [2.75, 3.05) is 0 Å². The molecular weight excluding hydrogens is 523 g/mol. The summed E-state index contributed by atoms with van der Waals surface area (Å²) in [5.74, 6) is 0.107. The van der Waals surface area contributed by atoms with Gasteiger partial charge in [0.25, 0.3) is 5.99 Å². The monoisotopic (exact) mass is 552 g/mol. The molecule has 0 N–H and O–H groups in total. The van der Waals surface area contributed by atoms with Gasteiger partial charge >= 0.3 is 0 Å². The Kier molecular flexibility index (Phi) is 7.46. The van der Waals surface area contributed by atoms with E-state index in [1.165, 1.54) is 60.4 Å². The number of rotatable bonds is 6. The van der Waals surface area contributed by atoms with E-state index in [4.69, 9.17) is 0 Å². The van der Waals surface area contributed by atoms with Gasteiger partial charge in [0.05, 0.1) is 0 Å². The van der Waals surface area contributed by atoms with Gasteiger partial charge in [0.1, 0.15) is 0 Å². The van der Waals surface area contributed by atoms with E-state index in [9.17, 15) is 0 Å². The van der Waals surface area contributed by atoms with E-state index in [1.807, 2.05) is 11.6 Å². The van der Waals surface area contributed by atoms with Gasteiger partial charge in [0.2, 0.25) is 0 Å². The summed E-state index contributed by atoms with van der Waals surface area (Å²) in [6.07, 6.45) is 0. The van der Waals surface area contributed by atoms with Crippen LogP contribution in [0.15, 0.2) is 176 Å². The van der Waals surface area contributed by atoms with Crippen LogP contribution in [0.1, 0.15) is 22.3 Å². The molecule has 7 rings (SSSR count). The first-order valence-electron chi connectivity index (χ1n) is 14.4. The summed E-state index contributed by atoms with van der Waals surface area (Å²) in [5, 5.41) is 0. The van der Waals surface area contributed by atoms with Crippen LogP contribution in [0.2, 0.25) is 0 Å². The van der Waals surface area contributed by atoms with Crippen LogP contribution in [0.4, 0.5) is 0 Å². The first-order valence-corrected chi connectivity index (χ1v) is 15.3. The van der Waals surface area contributed by atoms with Crippen molar-refractivity contribution in [2.45, 2.75) is 0 Å². The third-order valence-corrected chi connectivity index (χ3v) is 9.23. The topological polar surface area (TPSA) is 0 Å². The molecule has 0 radical (unpaired) electrons. The van der Waals surface area contributed by atoms with E-state index in [2.05, 4.69) is 176 Å². The van der Waals surface area contributed by atoms with Crippen molar-refractivity contribution in [3.05, 3.63) is 198 Å². The van der Waals surface area contributed by atoms with E-state index in [0.717, 1.165) is 0 Å². The highest BCUT2D eigenvalue weighted by Gasteiger charge is 2.36. The van der Waals surface area contributed by atoms with Crippen LogP contribution in [-0.2, 0) is 0 Å². The highest BCUT2D eigenvalue weighted by molar-refractivity contribution is 8.35. The Balaban J connectivity index is 1.52. The molecule has 0 unspecified atom stereocenters. The zero-order valence-electron chi connectivity index (χ0n) is 23.2. The SMILES string of the molecule is c1ccc(C2=C(c3ccccc3)C(c3ccccc3)=C(c3ccccc3)B(c3ccc(-c4ccccc4)cc3)S2)cc1. The maximum absolute atomic E-state index is 2.32. The Hall–Kier alpha value is -4.79. The van der Waals surface area contributed by atoms with Crippen LogP contribution in [0.25, 0.3) is 32.7 Å². The molecule has 0 amide bonds. The Bertz CT molecular complexity index is 1840. The zero-order chi connectivity index (χ0) is 28.1. The molecule has 0 saturated carbocycles. The van der Waals surface area contributed by atoms with E-state index < -0.39 is 0 Å². The smallest absolute Gasteiger partial charge is 0.162 e. The van der Waals surface area contributed by atoms with Crippen molar-refractivity contribution in [3.63, 3.8) is 0 Å². The van der Waals surface area contributed by atoms with E-state index in [0.29, 0.717) is 0 Å². The fraction of sp³-hybridized carbons (Fsp3) is 0. The van der Waals surface area contributed by atoms with Crippen LogP contribution in [-0.4, -0.2) is 5.99 Å². The van der Waals surface area contributed by atoms with Gasteiger partial charge in [-0.25, -0.2) is 0 Å². The summed E-state index contributed by atoms with van der Waals surface area (Å²) in [6, 6.07) is 63.5. The molecule has 1 heterocycles. The normalized spacial score (nSPS) is 13.4. The number of hydrogen-bond donors (Lipinski definition) is 0. The van der Waals surface area contributed by atoms with Gasteiger partial charge in [0, 0.05) is 10.5 Å². The Morgan fingerprint density at radius 3 is 1.19 bits per heavy atom. The Morgan fingerprint density at radius 2 is 0.690 bits per heavy atom. The first-order chi connectivity index (χ1) is 20.9. The summed E-state index contributed by atoms with van der Waals surface area (Å²) in [7, 11) is 0. The molecule has 0 fully saturated rings. The molecular formula is C40H29BS. The van der Waals surface area contributed by atoms with Crippen LogP contribution in [0.3, 0.4) is 0 Å². The second-order valence-electron chi connectivity index (χ2n) is 10.4. The molecule has 1 aliphatic rings. The lowest BCUT2D eigenvalue weighted by Crippen LogP contribution is -2.32. The number of allylic oxidation sites excluding steroid dienone is 2. The second kappa shape index (κ2) is 12.0. The summed E-state index contributed by atoms with van der Waals surface area (Å²) in [4.78, 5) is 1.30. The van der Waals surface area contributed by atoms with Crippen LogP contribution in [0.5, 0.6) is 0 Å². The molecule has 0 saturated heterocycles. The lowest BCUT2D eigenvalue weighted by atomic mass is 9.55. The van der Waals surface area contributed by atoms with Crippen molar-refractivity contribution >= 4 is 44.6 Å². The lowest BCUT2D eigenvalue weighted by molar-refractivity contribution is 1.57. The lowest BCUT2D eigenvalue weighted by Gasteiger charge is -2.32. The third-order valence-electron chi connectivity index (χ3n) is 7.81. The maximum Gasteiger partial charge on any atom is 0.282 e. The van der Waals surface area contributed by atoms with Crippen molar-refractivity contribution in [1.29, 1.82) is 0 Å². The van der Waals surface area contributed by atoms with Crippen molar-refractivity contribution in [1.82, 2.24) is 0 Å². The minimum atomic E-state index is 0.107. The predicted octanol–water partition coefficient (Wildman–Crippen LogP) is 10.0. The molecule has 1 aliphatic heterocycles. The summed E-state index contributed by atoms with van der Waals surface area (Å²) >= 11 is 1.97. The molecule has 0 spiro atoms. The average Bonchev–Trinajstić information content (AvgIpc) is 3.09. The molecule has 0 nitrogen and oxygen atoms in total. The Labute approximate surface area is 253 Å². The standard InChI is InChI=1S/C40H29BS/c1-6-16-30(17-7-1)31-26-28-36(29-27-31)41-39(34-22-12-4-13-23-34)37(32-18-8-2-9-19-32)38(33-20-10-3-11-21-33)40(42-41)35-24-14-5-15-25-35/h1-29H. The third kappa shape index (κ3) is 5.18. The van der Waals surface area contributed by atoms with Gasteiger partial charge in [-0.1, -0.05) is 181 Å². The molecule has 0 aromatic heterocycles. The molecule has 0 atom stereocenters. The minimum absolute atomic E-state index is 0.107. The molecule has 6 aromatic rings. The Morgan fingerprint density at radius 1 is 0.310 bits per heavy atom. The van der Waals surface area contributed by atoms with Crippen LogP contribution < -0.4 is 5.46 Å². The highest BCUT2D eigenvalue weighted by atomic mass is 32.2. The van der Waals surface area contributed by atoms with E-state index in [1.54, 1.807) is 0 Å². The molecule has 0 aliphatic carbocycles. The predicted molar refractivity (Wildman–Crippen MR) is 184 cm³/mol. The van der Waals surface area contributed by atoms with E-state index in [-0.39, 0.29) is 5.99 Å². The number of hydrogen-bond acceptors (Lipinski definition) is 1. The second-order valence-corrected chi connectivity index (χ2v) is 11.6. The fourth-order valence-corrected chi connectivity index (χ4v) is 7.34. The van der Waals surface area contributed by atoms with Crippen LogP contribution >= 0.6 is 11.6 Å². The molecule has 6 aromatic carbocycles. The van der Waals surface area contributed by atoms with Gasteiger partial charge < -0.3 is 0 Å². The largest absolute Gasteiger partial charge is 0.282 e. The van der Waals surface area contributed by atoms with Crippen molar-refractivity contribution in [3.8, 4) is 11.1 Å². The minimum Gasteiger partial charge on any atom is -0.162 e. The van der Waals surface area contributed by atoms with Gasteiger partial charge in [0.15, 0.2) is 0 Å². The van der Waals surface area contributed by atoms with Crippen LogP contribution in [0, 0.1) is 0 Å². The van der Waals surface area contributed by atoms with Gasteiger partial charge in [-0.05, 0) is 44.4 Å². The average molecular weight is 553 g/mol. The first kappa shape index (κ1) is 26.1. The van der Waals surface area contributed by atoms with Gasteiger partial charge in [-0.2, -0.15) is 11.6 Å².